The van der Waals surface area contributed by atoms with Crippen LogP contribution in [-0.4, -0.2) is 47.7 Å². The summed E-state index contributed by atoms with van der Waals surface area (Å²) in [5, 5.41) is 11.3. The maximum Gasteiger partial charge on any atom is 0.272 e. The molecule has 5 nitrogen and oxygen atoms in total. The van der Waals surface area contributed by atoms with Crippen molar-refractivity contribution < 1.29 is 14.6 Å². The van der Waals surface area contributed by atoms with Crippen molar-refractivity contribution in [3.8, 4) is 5.75 Å². The van der Waals surface area contributed by atoms with Gasteiger partial charge in [-0.05, 0) is 62.6 Å². The molecule has 0 spiro atoms. The van der Waals surface area contributed by atoms with Gasteiger partial charge in [0, 0.05) is 32.2 Å². The van der Waals surface area contributed by atoms with E-state index in [0.717, 1.165) is 61.9 Å². The summed E-state index contributed by atoms with van der Waals surface area (Å²) in [7, 11) is 1.72. The topological polar surface area (TPSA) is 62.7 Å². The number of nitrogens with zero attached hydrogens (tertiary/aromatic N) is 2. The molecule has 1 atom stereocenters. The minimum absolute atomic E-state index is 0.0399. The zero-order valence-electron chi connectivity index (χ0n) is 15.9. The highest BCUT2D eigenvalue weighted by atomic mass is 16.5. The van der Waals surface area contributed by atoms with Gasteiger partial charge in [-0.1, -0.05) is 12.1 Å². The van der Waals surface area contributed by atoms with E-state index in [1.807, 2.05) is 30.9 Å². The summed E-state index contributed by atoms with van der Waals surface area (Å²) < 4.78 is 5.13. The molecule has 1 aliphatic rings. The quantitative estimate of drug-likeness (QED) is 0.827. The maximum atomic E-state index is 13.0. The molecule has 140 valence electrons. The minimum Gasteiger partial charge on any atom is -0.505 e. The molecule has 0 unspecified atom stereocenters. The fraction of sp³-hybridized carbons (Fsp3) is 0.524. The second kappa shape index (κ2) is 8.04. The van der Waals surface area contributed by atoms with Crippen LogP contribution in [0, 0.1) is 19.8 Å². The Bertz CT molecular complexity index is 803. The number of hydrogen-bond donors (Lipinski definition) is 1. The van der Waals surface area contributed by atoms with Crippen molar-refractivity contribution in [1.29, 1.82) is 0 Å². The van der Waals surface area contributed by atoms with Gasteiger partial charge in [0.1, 0.15) is 17.0 Å². The normalized spacial score (nSPS) is 17.7. The summed E-state index contributed by atoms with van der Waals surface area (Å²) in [6, 6.07) is 5.61. The molecule has 5 heteroatoms. The zero-order chi connectivity index (χ0) is 18.7. The zero-order valence-corrected chi connectivity index (χ0v) is 15.9. The first-order valence-electron chi connectivity index (χ1n) is 9.39. The SMILES string of the molecule is COCCC[C@H]1CCCN(C(=O)c2ccc3c(C)cc(C)c(O)c3n2)C1. The van der Waals surface area contributed by atoms with Gasteiger partial charge in [-0.3, -0.25) is 4.79 Å². The van der Waals surface area contributed by atoms with Crippen LogP contribution in [0.15, 0.2) is 18.2 Å². The number of phenols is 1. The van der Waals surface area contributed by atoms with Crippen molar-refractivity contribution in [2.45, 2.75) is 39.5 Å². The molecule has 0 radical (unpaired) electrons. The maximum absolute atomic E-state index is 13.0. The molecule has 0 bridgehead atoms. The predicted molar refractivity (Wildman–Crippen MR) is 103 cm³/mol. The van der Waals surface area contributed by atoms with Crippen LogP contribution < -0.4 is 0 Å². The van der Waals surface area contributed by atoms with Crippen molar-refractivity contribution in [3.63, 3.8) is 0 Å². The molecule has 1 aliphatic heterocycles. The second-order valence-corrected chi connectivity index (χ2v) is 7.35. The van der Waals surface area contributed by atoms with E-state index in [9.17, 15) is 9.90 Å². The number of pyridine rings is 1. The van der Waals surface area contributed by atoms with Crippen LogP contribution in [0.1, 0.15) is 47.3 Å². The Morgan fingerprint density at radius 2 is 2.15 bits per heavy atom. The van der Waals surface area contributed by atoms with E-state index in [4.69, 9.17) is 4.74 Å². The van der Waals surface area contributed by atoms with Crippen LogP contribution in [0.4, 0.5) is 0 Å². The smallest absolute Gasteiger partial charge is 0.272 e. The molecule has 1 fully saturated rings. The first kappa shape index (κ1) is 18.6. The number of aromatic nitrogens is 1. The van der Waals surface area contributed by atoms with Crippen LogP contribution in [0.3, 0.4) is 0 Å². The number of methoxy groups -OCH3 is 1. The van der Waals surface area contributed by atoms with Crippen LogP contribution in [0.25, 0.3) is 10.9 Å². The number of carbonyl (C=O) groups excluding carboxylic acids is 1. The number of amides is 1. The fourth-order valence-electron chi connectivity index (χ4n) is 3.90. The third kappa shape index (κ3) is 3.83. The molecule has 0 saturated carbocycles. The molecule has 26 heavy (non-hydrogen) atoms. The van der Waals surface area contributed by atoms with Crippen molar-refractivity contribution >= 4 is 16.8 Å². The first-order chi connectivity index (χ1) is 12.5. The van der Waals surface area contributed by atoms with Gasteiger partial charge in [-0.25, -0.2) is 4.98 Å². The highest BCUT2D eigenvalue weighted by Crippen LogP contribution is 2.30. The largest absolute Gasteiger partial charge is 0.505 e. The van der Waals surface area contributed by atoms with E-state index < -0.39 is 0 Å². The number of fused-ring (bicyclic) bond motifs is 1. The minimum atomic E-state index is -0.0399. The molecular formula is C21H28N2O3. The van der Waals surface area contributed by atoms with Crippen molar-refractivity contribution in [3.05, 3.63) is 35.0 Å². The number of piperidine rings is 1. The van der Waals surface area contributed by atoms with E-state index in [-0.39, 0.29) is 11.7 Å². The number of carbonyl (C=O) groups is 1. The van der Waals surface area contributed by atoms with Gasteiger partial charge >= 0.3 is 0 Å². The number of aromatic hydroxyl groups is 1. The summed E-state index contributed by atoms with van der Waals surface area (Å²) in [6.45, 7) is 6.17. The van der Waals surface area contributed by atoms with E-state index in [2.05, 4.69) is 4.98 Å². The molecule has 1 saturated heterocycles. The first-order valence-corrected chi connectivity index (χ1v) is 9.39. The number of aryl methyl sites for hydroxylation is 2. The van der Waals surface area contributed by atoms with Gasteiger partial charge in [-0.2, -0.15) is 0 Å². The Balaban J connectivity index is 1.80. The lowest BCUT2D eigenvalue weighted by atomic mass is 9.93. The van der Waals surface area contributed by atoms with Crippen molar-refractivity contribution in [2.24, 2.45) is 5.92 Å². The molecule has 2 heterocycles. The Kier molecular flexibility index (Phi) is 5.77. The van der Waals surface area contributed by atoms with E-state index in [1.54, 1.807) is 13.2 Å². The molecule has 1 N–H and O–H groups in total. The molecule has 3 rings (SSSR count). The Morgan fingerprint density at radius 1 is 1.35 bits per heavy atom. The van der Waals surface area contributed by atoms with Gasteiger partial charge in [0.25, 0.3) is 5.91 Å². The third-order valence-electron chi connectivity index (χ3n) is 5.34. The average molecular weight is 356 g/mol. The monoisotopic (exact) mass is 356 g/mol. The van der Waals surface area contributed by atoms with Crippen LogP contribution in [-0.2, 0) is 4.74 Å². The number of likely N-dealkylation sites (tertiary alicyclic amines) is 1. The lowest BCUT2D eigenvalue weighted by Crippen LogP contribution is -2.40. The Labute approximate surface area is 155 Å². The summed E-state index contributed by atoms with van der Waals surface area (Å²) in [5.41, 5.74) is 2.76. The van der Waals surface area contributed by atoms with Crippen LogP contribution in [0.2, 0.25) is 0 Å². The fourth-order valence-corrected chi connectivity index (χ4v) is 3.90. The van der Waals surface area contributed by atoms with Crippen molar-refractivity contribution in [2.75, 3.05) is 26.8 Å². The lowest BCUT2D eigenvalue weighted by Gasteiger charge is -2.32. The second-order valence-electron chi connectivity index (χ2n) is 7.35. The summed E-state index contributed by atoms with van der Waals surface area (Å²) in [4.78, 5) is 19.4. The number of ether oxygens (including phenoxy) is 1. The van der Waals surface area contributed by atoms with Gasteiger partial charge in [-0.15, -0.1) is 0 Å². The molecule has 0 aliphatic carbocycles. The van der Waals surface area contributed by atoms with Crippen LogP contribution in [0.5, 0.6) is 5.75 Å². The third-order valence-corrected chi connectivity index (χ3v) is 5.34. The van der Waals surface area contributed by atoms with Gasteiger partial charge < -0.3 is 14.7 Å². The average Bonchev–Trinajstić information content (AvgIpc) is 2.65. The standard InChI is InChI=1S/C21H28N2O3/c1-14-12-15(2)20(24)19-17(14)8-9-18(22-19)21(25)23-10-4-6-16(13-23)7-5-11-26-3/h8-9,12,16,24H,4-7,10-11,13H2,1-3H3/t16-/m1/s1. The van der Waals surface area contributed by atoms with Crippen molar-refractivity contribution in [1.82, 2.24) is 9.88 Å². The summed E-state index contributed by atoms with van der Waals surface area (Å²) >= 11 is 0. The number of benzene rings is 1. The predicted octanol–water partition coefficient (Wildman–Crippen LogP) is 3.84. The number of hydrogen-bond acceptors (Lipinski definition) is 4. The number of rotatable bonds is 5. The molecule has 1 amide bonds. The summed E-state index contributed by atoms with van der Waals surface area (Å²) in [6.07, 6.45) is 4.31. The Morgan fingerprint density at radius 3 is 2.92 bits per heavy atom. The van der Waals surface area contributed by atoms with E-state index in [0.29, 0.717) is 17.1 Å². The molecule has 2 aromatic rings. The van der Waals surface area contributed by atoms with Gasteiger partial charge in [0.2, 0.25) is 0 Å². The lowest BCUT2D eigenvalue weighted by molar-refractivity contribution is 0.0655. The Hall–Kier alpha value is -2.14. The number of phenolic OH excluding ortho intramolecular Hbond substituents is 1. The highest BCUT2D eigenvalue weighted by Gasteiger charge is 2.25. The van der Waals surface area contributed by atoms with Crippen LogP contribution >= 0.6 is 0 Å². The molecule has 1 aromatic carbocycles. The highest BCUT2D eigenvalue weighted by molar-refractivity contribution is 5.97. The summed E-state index contributed by atoms with van der Waals surface area (Å²) in [5.74, 6) is 0.652. The van der Waals surface area contributed by atoms with E-state index >= 15 is 0 Å². The molecular weight excluding hydrogens is 328 g/mol. The van der Waals surface area contributed by atoms with Gasteiger partial charge in [0.05, 0.1) is 0 Å². The molecule has 1 aromatic heterocycles. The van der Waals surface area contributed by atoms with E-state index in [1.165, 1.54) is 0 Å². The van der Waals surface area contributed by atoms with Gasteiger partial charge in [0.15, 0.2) is 0 Å².